The zero-order valence-corrected chi connectivity index (χ0v) is 19.1. The van der Waals surface area contributed by atoms with E-state index >= 15 is 0 Å². The van der Waals surface area contributed by atoms with Gasteiger partial charge in [-0.15, -0.1) is 0 Å². The number of nitrogen functional groups attached to an aromatic ring is 1. The molecule has 1 fully saturated rings. The average molecular weight is 445 g/mol. The van der Waals surface area contributed by atoms with Crippen molar-refractivity contribution in [3.8, 4) is 0 Å². The van der Waals surface area contributed by atoms with Gasteiger partial charge in [-0.1, -0.05) is 19.8 Å². The monoisotopic (exact) mass is 444 g/mol. The highest BCUT2D eigenvalue weighted by Crippen LogP contribution is 2.30. The maximum Gasteiger partial charge on any atom is 0.255 e. The van der Waals surface area contributed by atoms with Crippen LogP contribution in [0.3, 0.4) is 0 Å². The Bertz CT molecular complexity index is 994. The molecule has 2 aromatic heterocycles. The first-order valence-electron chi connectivity index (χ1n) is 10.7. The molecular formula is C21H32N8O3. The molecule has 0 aromatic carbocycles. The summed E-state index contributed by atoms with van der Waals surface area (Å²) in [6.45, 7) is 6.92. The summed E-state index contributed by atoms with van der Waals surface area (Å²) in [5, 5.41) is 4.36. The molecule has 1 aliphatic rings. The average Bonchev–Trinajstić information content (AvgIpc) is 2.73. The fourth-order valence-corrected chi connectivity index (χ4v) is 3.66. The highest BCUT2D eigenvalue weighted by molar-refractivity contribution is 5.98. The third-order valence-corrected chi connectivity index (χ3v) is 5.85. The number of hydrogen-bond donors (Lipinski definition) is 3. The minimum absolute atomic E-state index is 0.0233. The Hall–Kier alpha value is -3.05. The number of methoxy groups -OCH3 is 1. The van der Waals surface area contributed by atoms with Gasteiger partial charge >= 0.3 is 0 Å². The second-order valence-electron chi connectivity index (χ2n) is 8.45. The van der Waals surface area contributed by atoms with Crippen LogP contribution in [-0.4, -0.2) is 70.1 Å². The number of pyridine rings is 1. The minimum atomic E-state index is -0.627. The molecule has 0 saturated carbocycles. The number of unbranched alkanes of at least 4 members (excludes halogenated alkanes) is 1. The number of anilines is 2. The third kappa shape index (κ3) is 4.89. The number of carbonyl (C=O) groups is 2. The Labute approximate surface area is 187 Å². The van der Waals surface area contributed by atoms with Crippen molar-refractivity contribution in [2.24, 2.45) is 5.84 Å². The highest BCUT2D eigenvalue weighted by Gasteiger charge is 2.34. The molecule has 0 spiro atoms. The minimum Gasteiger partial charge on any atom is -0.378 e. The fourth-order valence-electron chi connectivity index (χ4n) is 3.66. The number of nitrogens with zero attached hydrogens (tertiary/aromatic N) is 5. The summed E-state index contributed by atoms with van der Waals surface area (Å²) >= 11 is 0. The summed E-state index contributed by atoms with van der Waals surface area (Å²) in [4.78, 5) is 39.1. The summed E-state index contributed by atoms with van der Waals surface area (Å²) in [5.41, 5.74) is 6.61. The maximum absolute atomic E-state index is 12.7. The number of hydrogen-bond acceptors (Lipinski definition) is 9. The molecule has 3 heterocycles. The van der Waals surface area contributed by atoms with Gasteiger partial charge in [0.15, 0.2) is 5.82 Å². The second-order valence-corrected chi connectivity index (χ2v) is 8.45. The number of nitrogens with two attached hydrogens (primary N) is 2. The summed E-state index contributed by atoms with van der Waals surface area (Å²) in [7, 11) is 1.63. The van der Waals surface area contributed by atoms with Crippen molar-refractivity contribution in [3.63, 3.8) is 0 Å². The van der Waals surface area contributed by atoms with Crippen LogP contribution in [0.15, 0.2) is 12.3 Å². The molecule has 0 radical (unpaired) electrons. The molecule has 1 aliphatic heterocycles. The van der Waals surface area contributed by atoms with Crippen molar-refractivity contribution >= 4 is 34.6 Å². The number of carbonyl (C=O) groups excluding carboxylic acids is 2. The zero-order valence-electron chi connectivity index (χ0n) is 19.1. The molecule has 11 nitrogen and oxygen atoms in total. The van der Waals surface area contributed by atoms with E-state index in [0.29, 0.717) is 42.0 Å². The molecule has 1 atom stereocenters. The van der Waals surface area contributed by atoms with E-state index in [0.717, 1.165) is 19.3 Å². The summed E-state index contributed by atoms with van der Waals surface area (Å²) in [6, 6.07) is 1.65. The van der Waals surface area contributed by atoms with Crippen LogP contribution in [-0.2, 0) is 9.53 Å². The normalized spacial score (nSPS) is 15.8. The first-order chi connectivity index (χ1) is 15.2. The Kier molecular flexibility index (Phi) is 7.09. The molecule has 174 valence electrons. The number of hydrazine groups is 1. The number of fused-ring (bicyclic) bond motifs is 1. The fraction of sp³-hybridized carbons (Fsp3) is 0.571. The van der Waals surface area contributed by atoms with Crippen LogP contribution in [0.2, 0.25) is 0 Å². The third-order valence-electron chi connectivity index (χ3n) is 5.85. The molecule has 0 aliphatic carbocycles. The lowest BCUT2D eigenvalue weighted by molar-refractivity contribution is -0.119. The number of ether oxygens (including phenoxy) is 1. The van der Waals surface area contributed by atoms with Crippen molar-refractivity contribution < 1.29 is 14.3 Å². The van der Waals surface area contributed by atoms with Crippen molar-refractivity contribution in [2.75, 3.05) is 37.5 Å². The molecule has 2 amide bonds. The van der Waals surface area contributed by atoms with Crippen LogP contribution in [0.4, 0.5) is 11.8 Å². The Morgan fingerprint density at radius 2 is 2.09 bits per heavy atom. The maximum atomic E-state index is 12.7. The molecule has 32 heavy (non-hydrogen) atoms. The molecule has 11 heteroatoms. The number of nitrogens with one attached hydrogen (secondary N) is 1. The molecule has 5 N–H and O–H groups in total. The summed E-state index contributed by atoms with van der Waals surface area (Å²) < 4.78 is 5.23. The van der Waals surface area contributed by atoms with E-state index < -0.39 is 5.54 Å². The SMILES string of the molecule is CCCC[C@](C)(CNC(C)=O)N(N)c1nc(N)nc2cc(C(=O)N3CC(OC)C3)cnc12. The molecule has 0 unspecified atom stereocenters. The standard InChI is InChI=1S/C21H32N8O3/c1-5-6-7-21(3,12-25-13(2)30)29(23)18-17-16(26-20(22)27-18)8-14(9-24-17)19(31)28-10-15(11-28)32-4/h8-9,15H,5-7,10-12,23H2,1-4H3,(H,25,30)(H2,22,26,27)/t21-/m1/s1. The number of rotatable bonds is 9. The van der Waals surface area contributed by atoms with Crippen molar-refractivity contribution in [2.45, 2.75) is 51.7 Å². The van der Waals surface area contributed by atoms with Crippen LogP contribution < -0.4 is 21.9 Å². The van der Waals surface area contributed by atoms with E-state index in [1.807, 2.05) is 6.92 Å². The van der Waals surface area contributed by atoms with E-state index in [-0.39, 0.29) is 23.9 Å². The summed E-state index contributed by atoms with van der Waals surface area (Å²) in [6.07, 6.45) is 4.16. The van der Waals surface area contributed by atoms with Crippen molar-refractivity contribution in [3.05, 3.63) is 17.8 Å². The van der Waals surface area contributed by atoms with E-state index in [9.17, 15) is 9.59 Å². The largest absolute Gasteiger partial charge is 0.378 e. The topological polar surface area (TPSA) is 153 Å². The van der Waals surface area contributed by atoms with Crippen LogP contribution in [0.25, 0.3) is 11.0 Å². The molecular weight excluding hydrogens is 412 g/mol. The molecule has 0 bridgehead atoms. The first-order valence-corrected chi connectivity index (χ1v) is 10.7. The van der Waals surface area contributed by atoms with E-state index in [4.69, 9.17) is 16.3 Å². The molecule has 2 aromatic rings. The lowest BCUT2D eigenvalue weighted by Gasteiger charge is -2.39. The van der Waals surface area contributed by atoms with Crippen LogP contribution in [0.5, 0.6) is 0 Å². The van der Waals surface area contributed by atoms with Crippen LogP contribution in [0.1, 0.15) is 50.4 Å². The van der Waals surface area contributed by atoms with Gasteiger partial charge < -0.3 is 20.7 Å². The molecule has 1 saturated heterocycles. The molecule has 3 rings (SSSR count). The lowest BCUT2D eigenvalue weighted by Crippen LogP contribution is -2.57. The number of amides is 2. The number of likely N-dealkylation sites (tertiary alicyclic amines) is 1. The Morgan fingerprint density at radius 3 is 2.72 bits per heavy atom. The van der Waals surface area contributed by atoms with Crippen molar-refractivity contribution in [1.29, 1.82) is 0 Å². The van der Waals surface area contributed by atoms with Crippen molar-refractivity contribution in [1.82, 2.24) is 25.2 Å². The highest BCUT2D eigenvalue weighted by atomic mass is 16.5. The second kappa shape index (κ2) is 9.61. The van der Waals surface area contributed by atoms with Gasteiger partial charge in [0.1, 0.15) is 5.52 Å². The van der Waals surface area contributed by atoms with E-state index in [1.165, 1.54) is 18.1 Å². The van der Waals surface area contributed by atoms with Gasteiger partial charge in [0, 0.05) is 39.9 Å². The smallest absolute Gasteiger partial charge is 0.255 e. The predicted molar refractivity (Wildman–Crippen MR) is 122 cm³/mol. The van der Waals surface area contributed by atoms with Gasteiger partial charge in [-0.2, -0.15) is 4.98 Å². The quantitative estimate of drug-likeness (QED) is 0.377. The van der Waals surface area contributed by atoms with E-state index in [2.05, 4.69) is 27.2 Å². The van der Waals surface area contributed by atoms with Crippen LogP contribution in [0, 0.1) is 0 Å². The van der Waals surface area contributed by atoms with Gasteiger partial charge in [0.25, 0.3) is 5.91 Å². The Balaban J connectivity index is 1.94. The van der Waals surface area contributed by atoms with Gasteiger partial charge in [-0.3, -0.25) is 14.6 Å². The van der Waals surface area contributed by atoms with Gasteiger partial charge in [0.05, 0.1) is 22.7 Å². The van der Waals surface area contributed by atoms with Gasteiger partial charge in [0.2, 0.25) is 11.9 Å². The Morgan fingerprint density at radius 1 is 1.38 bits per heavy atom. The van der Waals surface area contributed by atoms with Crippen LogP contribution >= 0.6 is 0 Å². The first kappa shape index (κ1) is 23.6. The lowest BCUT2D eigenvalue weighted by atomic mass is 9.93. The number of aromatic nitrogens is 3. The zero-order chi connectivity index (χ0) is 23.5. The van der Waals surface area contributed by atoms with E-state index in [1.54, 1.807) is 18.1 Å². The van der Waals surface area contributed by atoms with Gasteiger partial charge in [-0.25, -0.2) is 15.8 Å². The predicted octanol–water partition coefficient (Wildman–Crippen LogP) is 0.843. The van der Waals surface area contributed by atoms with Gasteiger partial charge in [-0.05, 0) is 19.4 Å². The summed E-state index contributed by atoms with van der Waals surface area (Å²) in [5.74, 6) is 6.63.